The van der Waals surface area contributed by atoms with E-state index in [4.69, 9.17) is 10.5 Å². The number of nitrogens with zero attached hydrogens (tertiary/aromatic N) is 3. The van der Waals surface area contributed by atoms with Crippen LogP contribution in [0.1, 0.15) is 22.8 Å². The van der Waals surface area contributed by atoms with E-state index in [1.54, 1.807) is 29.9 Å². The molecule has 1 aromatic carbocycles. The first-order chi connectivity index (χ1) is 10.0. The second-order valence-corrected chi connectivity index (χ2v) is 4.88. The zero-order chi connectivity index (χ0) is 15.4. The van der Waals surface area contributed by atoms with Crippen LogP contribution in [0.25, 0.3) is 0 Å². The number of anilines is 2. The molecule has 1 aromatic heterocycles. The lowest BCUT2D eigenvalue weighted by Crippen LogP contribution is -2.20. The third-order valence-corrected chi connectivity index (χ3v) is 3.11. The highest BCUT2D eigenvalue weighted by molar-refractivity contribution is 5.97. The second kappa shape index (κ2) is 6.30. The summed E-state index contributed by atoms with van der Waals surface area (Å²) in [6.07, 6.45) is 3.75. The zero-order valence-corrected chi connectivity index (χ0v) is 12.5. The van der Waals surface area contributed by atoms with E-state index in [1.807, 2.05) is 31.3 Å². The van der Waals surface area contributed by atoms with Crippen LogP contribution in [-0.4, -0.2) is 29.4 Å². The number of nitrogens with two attached hydrogens (primary N) is 1. The molecule has 2 aromatic rings. The third-order valence-electron chi connectivity index (χ3n) is 3.11. The van der Waals surface area contributed by atoms with Crippen LogP contribution in [0.2, 0.25) is 0 Å². The van der Waals surface area contributed by atoms with Gasteiger partial charge in [-0.1, -0.05) is 0 Å². The minimum atomic E-state index is -0.363. The Balaban J connectivity index is 2.27. The molecule has 6 nitrogen and oxygen atoms in total. The van der Waals surface area contributed by atoms with Crippen LogP contribution in [-0.2, 0) is 18.3 Å². The van der Waals surface area contributed by atoms with Gasteiger partial charge in [0.1, 0.15) is 0 Å². The highest BCUT2D eigenvalue weighted by atomic mass is 16.5. The van der Waals surface area contributed by atoms with Gasteiger partial charge in [0.05, 0.1) is 24.1 Å². The van der Waals surface area contributed by atoms with Gasteiger partial charge in [0.25, 0.3) is 0 Å². The highest BCUT2D eigenvalue weighted by Crippen LogP contribution is 2.24. The molecule has 0 saturated heterocycles. The van der Waals surface area contributed by atoms with Crippen molar-refractivity contribution in [3.05, 3.63) is 41.7 Å². The molecule has 6 heteroatoms. The maximum atomic E-state index is 12.1. The smallest absolute Gasteiger partial charge is 0.340 e. The molecular weight excluding hydrogens is 268 g/mol. The quantitative estimate of drug-likeness (QED) is 0.671. The summed E-state index contributed by atoms with van der Waals surface area (Å²) in [6, 6.07) is 5.25. The number of hydrogen-bond donors (Lipinski definition) is 1. The predicted octanol–water partition coefficient (Wildman–Crippen LogP) is 1.82. The number of rotatable bonds is 5. The van der Waals surface area contributed by atoms with E-state index in [-0.39, 0.29) is 5.97 Å². The molecule has 0 bridgehead atoms. The first-order valence-corrected chi connectivity index (χ1v) is 6.76. The van der Waals surface area contributed by atoms with Gasteiger partial charge >= 0.3 is 5.97 Å². The molecule has 21 heavy (non-hydrogen) atoms. The van der Waals surface area contributed by atoms with Crippen LogP contribution in [0.4, 0.5) is 11.4 Å². The first-order valence-electron chi connectivity index (χ1n) is 6.76. The molecule has 0 aliphatic heterocycles. The number of aromatic nitrogens is 2. The van der Waals surface area contributed by atoms with E-state index in [0.717, 1.165) is 11.3 Å². The van der Waals surface area contributed by atoms with Crippen molar-refractivity contribution in [2.45, 2.75) is 13.5 Å². The Hall–Kier alpha value is -2.50. The van der Waals surface area contributed by atoms with Gasteiger partial charge in [0.2, 0.25) is 0 Å². The number of carbonyl (C=O) groups excluding carboxylic acids is 1. The summed E-state index contributed by atoms with van der Waals surface area (Å²) in [5, 5.41) is 4.14. The molecule has 0 fully saturated rings. The maximum Gasteiger partial charge on any atom is 0.340 e. The lowest BCUT2D eigenvalue weighted by atomic mass is 10.1. The normalized spacial score (nSPS) is 10.4. The van der Waals surface area contributed by atoms with E-state index in [0.29, 0.717) is 24.4 Å². The van der Waals surface area contributed by atoms with Crippen LogP contribution in [0.15, 0.2) is 30.6 Å². The Bertz CT molecular complexity index is 636. The molecule has 1 heterocycles. The molecule has 0 amide bonds. The zero-order valence-electron chi connectivity index (χ0n) is 12.5. The molecule has 0 unspecified atom stereocenters. The number of hydrogen-bond acceptors (Lipinski definition) is 5. The fraction of sp³-hybridized carbons (Fsp3) is 0.333. The molecule has 0 atom stereocenters. The van der Waals surface area contributed by atoms with Crippen molar-refractivity contribution in [1.29, 1.82) is 0 Å². The molecular formula is C15H20N4O2. The summed E-state index contributed by atoms with van der Waals surface area (Å²) in [5.41, 5.74) is 8.64. The Morgan fingerprint density at radius 2 is 2.24 bits per heavy atom. The maximum absolute atomic E-state index is 12.1. The van der Waals surface area contributed by atoms with Gasteiger partial charge < -0.3 is 15.4 Å². The number of nitrogen functional groups attached to an aromatic ring is 1. The molecule has 0 saturated carbocycles. The van der Waals surface area contributed by atoms with Gasteiger partial charge in [0.15, 0.2) is 0 Å². The number of carbonyl (C=O) groups is 1. The van der Waals surface area contributed by atoms with Crippen molar-refractivity contribution >= 4 is 17.3 Å². The molecule has 2 rings (SSSR count). The second-order valence-electron chi connectivity index (χ2n) is 4.88. The Labute approximate surface area is 124 Å². The molecule has 0 aliphatic rings. The molecule has 2 N–H and O–H groups in total. The summed E-state index contributed by atoms with van der Waals surface area (Å²) < 4.78 is 6.84. The average molecular weight is 288 g/mol. The fourth-order valence-electron chi connectivity index (χ4n) is 2.17. The van der Waals surface area contributed by atoms with Gasteiger partial charge in [-0.05, 0) is 25.1 Å². The number of benzene rings is 1. The summed E-state index contributed by atoms with van der Waals surface area (Å²) >= 11 is 0. The summed E-state index contributed by atoms with van der Waals surface area (Å²) in [5.74, 6) is -0.363. The predicted molar refractivity (Wildman–Crippen MR) is 82.1 cm³/mol. The Morgan fingerprint density at radius 3 is 2.86 bits per heavy atom. The van der Waals surface area contributed by atoms with E-state index in [9.17, 15) is 4.79 Å². The highest BCUT2D eigenvalue weighted by Gasteiger charge is 2.16. The largest absolute Gasteiger partial charge is 0.462 e. The number of aryl methyl sites for hydroxylation is 1. The Kier molecular flexibility index (Phi) is 4.47. The number of ether oxygens (including phenoxy) is 1. The van der Waals surface area contributed by atoms with Gasteiger partial charge in [-0.3, -0.25) is 4.68 Å². The van der Waals surface area contributed by atoms with Crippen LogP contribution in [0.3, 0.4) is 0 Å². The molecule has 0 radical (unpaired) electrons. The minimum Gasteiger partial charge on any atom is -0.462 e. The monoisotopic (exact) mass is 288 g/mol. The van der Waals surface area contributed by atoms with E-state index in [2.05, 4.69) is 5.10 Å². The van der Waals surface area contributed by atoms with Crippen molar-refractivity contribution in [3.8, 4) is 0 Å². The first kappa shape index (κ1) is 14.9. The van der Waals surface area contributed by atoms with Crippen LogP contribution < -0.4 is 10.6 Å². The summed E-state index contributed by atoms with van der Waals surface area (Å²) in [6.45, 7) is 2.76. The minimum absolute atomic E-state index is 0.333. The van der Waals surface area contributed by atoms with Gasteiger partial charge in [-0.2, -0.15) is 5.10 Å². The SMILES string of the molecule is CCOC(=O)c1cc(N)ccc1N(C)Cc1cnn(C)c1. The summed E-state index contributed by atoms with van der Waals surface area (Å²) in [7, 11) is 3.79. The van der Waals surface area contributed by atoms with Crippen molar-refractivity contribution in [2.75, 3.05) is 24.3 Å². The molecule has 0 aliphatic carbocycles. The van der Waals surface area contributed by atoms with Crippen molar-refractivity contribution in [3.63, 3.8) is 0 Å². The fourth-order valence-corrected chi connectivity index (χ4v) is 2.17. The average Bonchev–Trinajstić information content (AvgIpc) is 2.84. The van der Waals surface area contributed by atoms with Gasteiger partial charge in [-0.15, -0.1) is 0 Å². The Morgan fingerprint density at radius 1 is 1.48 bits per heavy atom. The van der Waals surface area contributed by atoms with Crippen molar-refractivity contribution < 1.29 is 9.53 Å². The lowest BCUT2D eigenvalue weighted by Gasteiger charge is -2.21. The van der Waals surface area contributed by atoms with Crippen LogP contribution >= 0.6 is 0 Å². The van der Waals surface area contributed by atoms with Crippen molar-refractivity contribution in [1.82, 2.24) is 9.78 Å². The van der Waals surface area contributed by atoms with E-state index in [1.165, 1.54) is 0 Å². The molecule has 112 valence electrons. The topological polar surface area (TPSA) is 73.4 Å². The van der Waals surface area contributed by atoms with E-state index >= 15 is 0 Å². The summed E-state index contributed by atoms with van der Waals surface area (Å²) in [4.78, 5) is 14.0. The number of esters is 1. The molecule has 0 spiro atoms. The van der Waals surface area contributed by atoms with Gasteiger partial charge in [-0.25, -0.2) is 4.79 Å². The van der Waals surface area contributed by atoms with Crippen LogP contribution in [0, 0.1) is 0 Å². The standard InChI is InChI=1S/C15H20N4O2/c1-4-21-15(20)13-7-12(16)5-6-14(13)18(2)9-11-8-17-19(3)10-11/h5-8,10H,4,9,16H2,1-3H3. The van der Waals surface area contributed by atoms with E-state index < -0.39 is 0 Å². The third kappa shape index (κ3) is 3.53. The lowest BCUT2D eigenvalue weighted by molar-refractivity contribution is 0.0527. The van der Waals surface area contributed by atoms with Crippen molar-refractivity contribution in [2.24, 2.45) is 7.05 Å². The van der Waals surface area contributed by atoms with Gasteiger partial charge in [0, 0.05) is 38.1 Å². The van der Waals surface area contributed by atoms with Crippen LogP contribution in [0.5, 0.6) is 0 Å².